The van der Waals surface area contributed by atoms with Crippen LogP contribution in [0.3, 0.4) is 0 Å². The molecule has 2 bridgehead atoms. The lowest BCUT2D eigenvalue weighted by Crippen LogP contribution is -2.65. The van der Waals surface area contributed by atoms with E-state index in [1.165, 1.54) is 0 Å². The van der Waals surface area contributed by atoms with Crippen molar-refractivity contribution in [2.75, 3.05) is 0 Å². The van der Waals surface area contributed by atoms with E-state index in [9.17, 15) is 14.9 Å². The van der Waals surface area contributed by atoms with Crippen molar-refractivity contribution in [2.24, 2.45) is 33.9 Å². The second kappa shape index (κ2) is 12.0. The summed E-state index contributed by atoms with van der Waals surface area (Å²) in [6.45, 7) is 13.3. The Labute approximate surface area is 237 Å². The number of hydrogen-bond acceptors (Lipinski definition) is 7. The van der Waals surface area contributed by atoms with Gasteiger partial charge in [0.15, 0.2) is 5.03 Å². The Morgan fingerprint density at radius 3 is 2.52 bits per heavy atom. The third kappa shape index (κ3) is 6.61. The van der Waals surface area contributed by atoms with Gasteiger partial charge in [-0.15, -0.1) is 0 Å². The number of carbonyl (C=O) groups is 1. The Kier molecular flexibility index (Phi) is 9.11. The fraction of sp³-hybridized carbons (Fsp3) is 0.714. The molecule has 0 aromatic heterocycles. The average molecular weight is 557 g/mol. The number of aliphatic imine (C=N–C) groups is 1. The van der Waals surface area contributed by atoms with Crippen LogP contribution in [0.15, 0.2) is 35.3 Å². The van der Waals surface area contributed by atoms with Crippen LogP contribution in [0.5, 0.6) is 0 Å². The van der Waals surface area contributed by atoms with Crippen LogP contribution in [0.4, 0.5) is 0 Å². The molecule has 12 heteroatoms. The summed E-state index contributed by atoms with van der Waals surface area (Å²) in [5, 5.41) is 16.6. The summed E-state index contributed by atoms with van der Waals surface area (Å²) < 4.78 is 13.3. The van der Waals surface area contributed by atoms with Gasteiger partial charge in [0.25, 0.3) is 5.96 Å². The van der Waals surface area contributed by atoms with Crippen LogP contribution in [0.1, 0.15) is 72.8 Å². The molecule has 7 atom stereocenters. The van der Waals surface area contributed by atoms with Crippen LogP contribution < -0.4 is 21.8 Å². The monoisotopic (exact) mass is 556 g/mol. The Balaban J connectivity index is 1.48. The normalized spacial score (nSPS) is 29.2. The highest BCUT2D eigenvalue weighted by Gasteiger charge is 2.68. The van der Waals surface area contributed by atoms with Gasteiger partial charge in [-0.25, -0.2) is 15.1 Å². The van der Waals surface area contributed by atoms with E-state index in [0.717, 1.165) is 18.4 Å². The number of nitro groups is 1. The van der Waals surface area contributed by atoms with Gasteiger partial charge in [0, 0.05) is 6.54 Å². The number of guanidine groups is 1. The molecule has 40 heavy (non-hydrogen) atoms. The Morgan fingerprint density at radius 1 is 1.20 bits per heavy atom. The molecular formula is C28H45BN6O5. The quantitative estimate of drug-likeness (QED) is 0.101. The number of hydrogen-bond donors (Lipinski definition) is 4. The van der Waals surface area contributed by atoms with Crippen molar-refractivity contribution in [1.82, 2.24) is 16.1 Å². The summed E-state index contributed by atoms with van der Waals surface area (Å²) in [5.74, 6) is 0.563. The molecule has 0 radical (unpaired) electrons. The fourth-order valence-corrected chi connectivity index (χ4v) is 6.97. The van der Waals surface area contributed by atoms with Crippen molar-refractivity contribution in [3.8, 4) is 0 Å². The first-order valence-electron chi connectivity index (χ1n) is 14.4. The maximum Gasteiger partial charge on any atom is 0.481 e. The minimum atomic E-state index is -0.759. The summed E-state index contributed by atoms with van der Waals surface area (Å²) in [7, 11) is -0.526. The van der Waals surface area contributed by atoms with Gasteiger partial charge in [-0.05, 0) is 68.3 Å². The van der Waals surface area contributed by atoms with Crippen LogP contribution >= 0.6 is 0 Å². The number of nitrogens with two attached hydrogens (primary N) is 1. The van der Waals surface area contributed by atoms with E-state index in [2.05, 4.69) is 50.2 Å². The molecule has 4 fully saturated rings. The van der Waals surface area contributed by atoms with Crippen LogP contribution in [-0.4, -0.2) is 53.7 Å². The third-order valence-electron chi connectivity index (χ3n) is 9.20. The molecule has 3 aliphatic carbocycles. The summed E-state index contributed by atoms with van der Waals surface area (Å²) >= 11 is 0. The molecule has 4 aliphatic rings. The van der Waals surface area contributed by atoms with Gasteiger partial charge in [-0.2, -0.15) is 0 Å². The lowest BCUT2D eigenvalue weighted by atomic mass is 9.43. The van der Waals surface area contributed by atoms with Crippen molar-refractivity contribution in [3.05, 3.63) is 46.0 Å². The maximum atomic E-state index is 13.8. The van der Waals surface area contributed by atoms with Gasteiger partial charge in [0.1, 0.15) is 0 Å². The molecule has 1 heterocycles. The van der Waals surface area contributed by atoms with Gasteiger partial charge >= 0.3 is 7.12 Å². The van der Waals surface area contributed by atoms with E-state index in [-0.39, 0.29) is 41.3 Å². The number of nitrogens with zero attached hydrogens (tertiary/aromatic N) is 2. The summed E-state index contributed by atoms with van der Waals surface area (Å²) in [6, 6.07) is 8.73. The molecule has 1 aromatic carbocycles. The van der Waals surface area contributed by atoms with Crippen LogP contribution in [-0.2, 0) is 20.6 Å². The first-order valence-corrected chi connectivity index (χ1v) is 14.4. The number of carbonyl (C=O) groups excluding carboxylic acids is 1. The third-order valence-corrected chi connectivity index (χ3v) is 9.20. The highest BCUT2D eigenvalue weighted by molar-refractivity contribution is 6.47. The van der Waals surface area contributed by atoms with E-state index in [1.807, 2.05) is 35.8 Å². The molecule has 1 amide bonds. The molecule has 1 aliphatic heterocycles. The molecule has 3 saturated carbocycles. The first kappa shape index (κ1) is 30.3. The largest absolute Gasteiger partial charge is 0.481 e. The lowest BCUT2D eigenvalue weighted by molar-refractivity contribution is -0.525. The van der Waals surface area contributed by atoms with Crippen LogP contribution in [0.25, 0.3) is 0 Å². The van der Waals surface area contributed by atoms with Gasteiger partial charge in [-0.1, -0.05) is 63.5 Å². The van der Waals surface area contributed by atoms with E-state index >= 15 is 0 Å². The van der Waals surface area contributed by atoms with Crippen molar-refractivity contribution in [3.63, 3.8) is 0 Å². The predicted octanol–water partition coefficient (Wildman–Crippen LogP) is 2.82. The van der Waals surface area contributed by atoms with E-state index in [0.29, 0.717) is 30.7 Å². The molecule has 1 saturated heterocycles. The zero-order chi connectivity index (χ0) is 29.2. The average Bonchev–Trinajstić information content (AvgIpc) is 3.23. The smallest absolute Gasteiger partial charge is 0.404 e. The standard InChI is InChI=1S/C28H45BN6O5/c1-17(2)12-24(29-39-23-15-20-14-22(27(20,4)5)28(23,6)40-29)33-25(36)21(31-16-19-10-8-7-9-11-19)13-18(3)32-26(30)34-35(37)38/h7-11,17-18,20-24,31H,12-16H2,1-6H3,(H,33,36)(H3,30,32,34)/t18?,20-,21-,22-,23+,24-,28-/m0/s1. The topological polar surface area (TPSA) is 153 Å². The van der Waals surface area contributed by atoms with Gasteiger partial charge in [0.2, 0.25) is 5.91 Å². The number of rotatable bonds is 12. The molecule has 11 nitrogen and oxygen atoms in total. The number of nitrogens with one attached hydrogen (secondary N) is 3. The molecular weight excluding hydrogens is 511 g/mol. The number of hydrazine groups is 1. The van der Waals surface area contributed by atoms with Crippen molar-refractivity contribution in [1.29, 1.82) is 0 Å². The number of amides is 1. The first-order chi connectivity index (χ1) is 18.8. The highest BCUT2D eigenvalue weighted by atomic mass is 16.7. The van der Waals surface area contributed by atoms with Crippen molar-refractivity contribution in [2.45, 2.75) is 104 Å². The van der Waals surface area contributed by atoms with E-state index in [1.54, 1.807) is 6.92 Å². The Hall–Kier alpha value is -2.70. The molecule has 5 N–H and O–H groups in total. The molecule has 1 aromatic rings. The maximum absolute atomic E-state index is 13.8. The predicted molar refractivity (Wildman–Crippen MR) is 154 cm³/mol. The van der Waals surface area contributed by atoms with Gasteiger partial charge in [-0.3, -0.25) is 4.79 Å². The summed E-state index contributed by atoms with van der Waals surface area (Å²) in [6.07, 6.45) is 3.16. The zero-order valence-corrected chi connectivity index (χ0v) is 24.6. The minimum absolute atomic E-state index is 0.0271. The second-order valence-electron chi connectivity index (χ2n) is 13.0. The van der Waals surface area contributed by atoms with Crippen molar-refractivity contribution < 1.29 is 19.1 Å². The fourth-order valence-electron chi connectivity index (χ4n) is 6.97. The molecule has 0 spiro atoms. The molecule has 1 unspecified atom stereocenters. The summed E-state index contributed by atoms with van der Waals surface area (Å²) in [4.78, 5) is 28.7. The minimum Gasteiger partial charge on any atom is -0.404 e. The van der Waals surface area contributed by atoms with Gasteiger partial charge in [0.05, 0.1) is 29.7 Å². The second-order valence-corrected chi connectivity index (χ2v) is 13.0. The van der Waals surface area contributed by atoms with E-state index < -0.39 is 24.2 Å². The van der Waals surface area contributed by atoms with Gasteiger partial charge < -0.3 is 25.7 Å². The van der Waals surface area contributed by atoms with Crippen LogP contribution in [0, 0.1) is 33.3 Å². The highest BCUT2D eigenvalue weighted by Crippen LogP contribution is 2.65. The van der Waals surface area contributed by atoms with Crippen molar-refractivity contribution >= 4 is 19.0 Å². The summed E-state index contributed by atoms with van der Waals surface area (Å²) in [5.41, 5.74) is 8.42. The lowest BCUT2D eigenvalue weighted by Gasteiger charge is -2.64. The van der Waals surface area contributed by atoms with Crippen LogP contribution in [0.2, 0.25) is 0 Å². The Morgan fingerprint density at radius 2 is 1.90 bits per heavy atom. The number of benzene rings is 1. The Bertz CT molecular complexity index is 1090. The zero-order valence-electron chi connectivity index (χ0n) is 24.6. The molecule has 220 valence electrons. The SMILES string of the molecule is CC(C)C[C@H](NC(=O)[C@H](CC(C)N=C(N)N[N+](=O)[O-])NCc1ccccc1)B1O[C@@H]2C[C@@H]3C[C@@H](C3(C)C)[C@]2(C)O1. The molecule has 5 rings (SSSR count). The van der Waals surface area contributed by atoms with E-state index in [4.69, 9.17) is 15.0 Å².